The summed E-state index contributed by atoms with van der Waals surface area (Å²) in [5, 5.41) is 2.80. The van der Waals surface area contributed by atoms with Gasteiger partial charge in [-0.3, -0.25) is 4.79 Å². The van der Waals surface area contributed by atoms with Crippen LogP contribution in [0.1, 0.15) is 16.7 Å². The summed E-state index contributed by atoms with van der Waals surface area (Å²) >= 11 is 3.48. The number of anilines is 1. The number of hydrogen-bond donors (Lipinski definition) is 1. The molecule has 1 N–H and O–H groups in total. The van der Waals surface area contributed by atoms with Gasteiger partial charge >= 0.3 is 0 Å². The molecule has 0 aliphatic rings. The van der Waals surface area contributed by atoms with Gasteiger partial charge in [-0.1, -0.05) is 34.1 Å². The predicted molar refractivity (Wildman–Crippen MR) is 82.3 cm³/mol. The maximum absolute atomic E-state index is 13.5. The van der Waals surface area contributed by atoms with Crippen molar-refractivity contribution in [1.82, 2.24) is 0 Å². The number of amides is 1. The molecule has 20 heavy (non-hydrogen) atoms. The van der Waals surface area contributed by atoms with Crippen LogP contribution in [0.5, 0.6) is 0 Å². The molecule has 2 nitrogen and oxygen atoms in total. The van der Waals surface area contributed by atoms with E-state index in [4.69, 9.17) is 0 Å². The van der Waals surface area contributed by atoms with Crippen LogP contribution < -0.4 is 5.32 Å². The zero-order valence-corrected chi connectivity index (χ0v) is 12.9. The van der Waals surface area contributed by atoms with E-state index in [1.54, 1.807) is 18.2 Å². The molecule has 0 saturated carbocycles. The van der Waals surface area contributed by atoms with E-state index in [0.29, 0.717) is 5.56 Å². The number of carbonyl (C=O) groups excluding carboxylic acids is 1. The lowest BCUT2D eigenvalue weighted by atomic mass is 10.1. The molecule has 104 valence electrons. The van der Waals surface area contributed by atoms with E-state index in [-0.39, 0.29) is 18.1 Å². The van der Waals surface area contributed by atoms with Crippen LogP contribution in [0.15, 0.2) is 40.9 Å². The Morgan fingerprint density at radius 1 is 1.20 bits per heavy atom. The van der Waals surface area contributed by atoms with E-state index < -0.39 is 0 Å². The average Bonchev–Trinajstić information content (AvgIpc) is 2.38. The van der Waals surface area contributed by atoms with Gasteiger partial charge in [0, 0.05) is 10.2 Å². The van der Waals surface area contributed by atoms with Crippen LogP contribution in [0.25, 0.3) is 0 Å². The Kier molecular flexibility index (Phi) is 4.55. The van der Waals surface area contributed by atoms with E-state index in [0.717, 1.165) is 21.3 Å². The van der Waals surface area contributed by atoms with E-state index in [1.165, 1.54) is 6.07 Å². The highest BCUT2D eigenvalue weighted by molar-refractivity contribution is 9.10. The van der Waals surface area contributed by atoms with Gasteiger partial charge in [-0.05, 0) is 48.7 Å². The number of nitrogens with one attached hydrogen (secondary N) is 1. The molecule has 4 heteroatoms. The van der Waals surface area contributed by atoms with Crippen molar-refractivity contribution in [3.05, 3.63) is 63.4 Å². The maximum Gasteiger partial charge on any atom is 0.228 e. The molecule has 0 fully saturated rings. The molecule has 0 bridgehead atoms. The lowest BCUT2D eigenvalue weighted by Gasteiger charge is -2.10. The third-order valence-electron chi connectivity index (χ3n) is 3.03. The van der Waals surface area contributed by atoms with Crippen molar-refractivity contribution >= 4 is 27.5 Å². The Hall–Kier alpha value is -1.68. The number of benzene rings is 2. The summed E-state index contributed by atoms with van der Waals surface area (Å²) in [5.41, 5.74) is 3.22. The maximum atomic E-state index is 13.5. The van der Waals surface area contributed by atoms with Crippen molar-refractivity contribution in [1.29, 1.82) is 0 Å². The van der Waals surface area contributed by atoms with Crippen molar-refractivity contribution in [2.24, 2.45) is 0 Å². The second kappa shape index (κ2) is 6.18. The van der Waals surface area contributed by atoms with Crippen LogP contribution >= 0.6 is 15.9 Å². The molecule has 0 aromatic heterocycles. The molecule has 0 heterocycles. The minimum Gasteiger partial charge on any atom is -0.326 e. The van der Waals surface area contributed by atoms with E-state index in [9.17, 15) is 9.18 Å². The lowest BCUT2D eigenvalue weighted by Crippen LogP contribution is -2.15. The Labute approximate surface area is 126 Å². The van der Waals surface area contributed by atoms with Crippen LogP contribution in [0.4, 0.5) is 10.1 Å². The molecule has 0 atom stereocenters. The Morgan fingerprint density at radius 3 is 2.40 bits per heavy atom. The molecular weight excluding hydrogens is 321 g/mol. The summed E-state index contributed by atoms with van der Waals surface area (Å²) < 4.78 is 14.5. The molecule has 0 aliphatic heterocycles. The molecular formula is C16H15BrFNO. The van der Waals surface area contributed by atoms with E-state index in [2.05, 4.69) is 21.2 Å². The highest BCUT2D eigenvalue weighted by Gasteiger charge is 2.09. The first kappa shape index (κ1) is 14.7. The second-order valence-corrected chi connectivity index (χ2v) is 5.53. The summed E-state index contributed by atoms with van der Waals surface area (Å²) in [7, 11) is 0. The molecule has 0 spiro atoms. The fourth-order valence-electron chi connectivity index (χ4n) is 2.04. The fraction of sp³-hybridized carbons (Fsp3) is 0.188. The smallest absolute Gasteiger partial charge is 0.228 e. The minimum atomic E-state index is -0.356. The fourth-order valence-corrected chi connectivity index (χ4v) is 2.27. The molecule has 0 saturated heterocycles. The predicted octanol–water partition coefficient (Wildman–Crippen LogP) is 4.39. The van der Waals surface area contributed by atoms with Crippen molar-refractivity contribution in [2.75, 3.05) is 5.32 Å². The zero-order valence-electron chi connectivity index (χ0n) is 11.3. The lowest BCUT2D eigenvalue weighted by molar-refractivity contribution is -0.115. The van der Waals surface area contributed by atoms with Gasteiger partial charge in [0.15, 0.2) is 0 Å². The quantitative estimate of drug-likeness (QED) is 0.885. The highest BCUT2D eigenvalue weighted by atomic mass is 79.9. The van der Waals surface area contributed by atoms with E-state index >= 15 is 0 Å². The largest absolute Gasteiger partial charge is 0.326 e. The van der Waals surface area contributed by atoms with Crippen molar-refractivity contribution in [2.45, 2.75) is 20.3 Å². The number of aryl methyl sites for hydroxylation is 2. The molecule has 1 amide bonds. The number of hydrogen-bond acceptors (Lipinski definition) is 1. The number of halogens is 2. The van der Waals surface area contributed by atoms with Crippen LogP contribution in [0.2, 0.25) is 0 Å². The van der Waals surface area contributed by atoms with Crippen LogP contribution in [0, 0.1) is 19.7 Å². The summed E-state index contributed by atoms with van der Waals surface area (Å²) in [6, 6.07) is 10.1. The topological polar surface area (TPSA) is 29.1 Å². The summed E-state index contributed by atoms with van der Waals surface area (Å²) in [6.45, 7) is 3.92. The second-order valence-electron chi connectivity index (χ2n) is 4.74. The first-order valence-electron chi connectivity index (χ1n) is 6.27. The monoisotopic (exact) mass is 335 g/mol. The van der Waals surface area contributed by atoms with Gasteiger partial charge in [-0.2, -0.15) is 0 Å². The molecule has 0 radical (unpaired) electrons. The first-order chi connectivity index (χ1) is 9.47. The number of carbonyl (C=O) groups is 1. The van der Waals surface area contributed by atoms with Crippen molar-refractivity contribution in [3.8, 4) is 0 Å². The van der Waals surface area contributed by atoms with Crippen molar-refractivity contribution in [3.63, 3.8) is 0 Å². The van der Waals surface area contributed by atoms with Gasteiger partial charge in [0.25, 0.3) is 0 Å². The van der Waals surface area contributed by atoms with Crippen LogP contribution in [0.3, 0.4) is 0 Å². The van der Waals surface area contributed by atoms with Gasteiger partial charge in [0.05, 0.1) is 6.42 Å². The Morgan fingerprint density at radius 2 is 1.80 bits per heavy atom. The van der Waals surface area contributed by atoms with Crippen LogP contribution in [-0.2, 0) is 11.2 Å². The molecule has 0 unspecified atom stereocenters. The Bertz CT molecular complexity index is 632. The highest BCUT2D eigenvalue weighted by Crippen LogP contribution is 2.25. The summed E-state index contributed by atoms with van der Waals surface area (Å²) in [5.74, 6) is -0.581. The van der Waals surface area contributed by atoms with Crippen LogP contribution in [-0.4, -0.2) is 5.91 Å². The van der Waals surface area contributed by atoms with E-state index in [1.807, 2.05) is 26.0 Å². The molecule has 2 rings (SSSR count). The van der Waals surface area contributed by atoms with Gasteiger partial charge in [0.1, 0.15) is 5.82 Å². The SMILES string of the molecule is Cc1cc(NC(=O)Cc2ccccc2F)cc(C)c1Br. The average molecular weight is 336 g/mol. The van der Waals surface area contributed by atoms with Crippen molar-refractivity contribution < 1.29 is 9.18 Å². The summed E-state index contributed by atoms with van der Waals surface area (Å²) in [4.78, 5) is 12.0. The van der Waals surface area contributed by atoms with Gasteiger partial charge in [-0.15, -0.1) is 0 Å². The normalized spacial score (nSPS) is 10.4. The molecule has 2 aromatic rings. The number of rotatable bonds is 3. The van der Waals surface area contributed by atoms with Gasteiger partial charge in [0.2, 0.25) is 5.91 Å². The van der Waals surface area contributed by atoms with Gasteiger partial charge in [-0.25, -0.2) is 4.39 Å². The minimum absolute atomic E-state index is 0.0286. The zero-order chi connectivity index (χ0) is 14.7. The molecule has 2 aromatic carbocycles. The third kappa shape index (κ3) is 3.45. The molecule has 0 aliphatic carbocycles. The standard InChI is InChI=1S/C16H15BrFNO/c1-10-7-13(8-11(2)16(10)17)19-15(20)9-12-5-3-4-6-14(12)18/h3-8H,9H2,1-2H3,(H,19,20). The third-order valence-corrected chi connectivity index (χ3v) is 4.28. The first-order valence-corrected chi connectivity index (χ1v) is 7.06. The van der Waals surface area contributed by atoms with Gasteiger partial charge < -0.3 is 5.32 Å². The summed E-state index contributed by atoms with van der Waals surface area (Å²) in [6.07, 6.45) is 0.0286. The Balaban J connectivity index is 2.11.